The van der Waals surface area contributed by atoms with Crippen LogP contribution in [0.2, 0.25) is 0 Å². The van der Waals surface area contributed by atoms with Gasteiger partial charge in [-0.3, -0.25) is 0 Å². The predicted octanol–water partition coefficient (Wildman–Crippen LogP) is 4.20. The molecule has 0 unspecified atom stereocenters. The summed E-state index contributed by atoms with van der Waals surface area (Å²) in [6.45, 7) is 6.32. The van der Waals surface area contributed by atoms with E-state index in [2.05, 4.69) is 37.5 Å². The van der Waals surface area contributed by atoms with Gasteiger partial charge in [-0.05, 0) is 68.7 Å². The zero-order valence-corrected chi connectivity index (χ0v) is 13.6. The molecule has 2 rings (SSSR count). The monoisotopic (exact) mass is 302 g/mol. The zero-order chi connectivity index (χ0) is 15.2. The van der Waals surface area contributed by atoms with Crippen LogP contribution in [0.1, 0.15) is 30.2 Å². The van der Waals surface area contributed by atoms with Crippen LogP contribution < -0.4 is 10.6 Å². The van der Waals surface area contributed by atoms with Gasteiger partial charge in [0.1, 0.15) is 5.76 Å². The largest absolute Gasteiger partial charge is 0.469 e. The SMILES string of the molecule is Cc1cccc(NC(=S)N[C@H](C)CCc2ccco2)c1C. The standard InChI is InChI=1S/C17H22N2OS/c1-12-6-4-8-16(14(12)3)19-17(21)18-13(2)9-10-15-7-5-11-20-15/h4-8,11,13H,9-10H2,1-3H3,(H2,18,19,21)/t13-/m1/s1. The van der Waals surface area contributed by atoms with E-state index in [1.807, 2.05) is 24.3 Å². The lowest BCUT2D eigenvalue weighted by Crippen LogP contribution is -2.36. The first kappa shape index (κ1) is 15.6. The molecule has 0 aliphatic rings. The fraction of sp³-hybridized carbons (Fsp3) is 0.353. The van der Waals surface area contributed by atoms with Crippen LogP contribution in [-0.2, 0) is 6.42 Å². The number of anilines is 1. The summed E-state index contributed by atoms with van der Waals surface area (Å²) in [5.74, 6) is 1.01. The van der Waals surface area contributed by atoms with Gasteiger partial charge in [0.15, 0.2) is 5.11 Å². The molecule has 3 nitrogen and oxygen atoms in total. The number of nitrogens with one attached hydrogen (secondary N) is 2. The van der Waals surface area contributed by atoms with Gasteiger partial charge < -0.3 is 15.1 Å². The summed E-state index contributed by atoms with van der Waals surface area (Å²) in [6.07, 6.45) is 3.59. The third kappa shape index (κ3) is 4.60. The van der Waals surface area contributed by atoms with Crippen molar-refractivity contribution >= 4 is 23.0 Å². The van der Waals surface area contributed by atoms with E-state index in [0.717, 1.165) is 24.3 Å². The minimum Gasteiger partial charge on any atom is -0.469 e. The highest BCUT2D eigenvalue weighted by Gasteiger charge is 2.07. The van der Waals surface area contributed by atoms with Gasteiger partial charge in [-0.25, -0.2) is 0 Å². The highest BCUT2D eigenvalue weighted by molar-refractivity contribution is 7.80. The van der Waals surface area contributed by atoms with E-state index in [-0.39, 0.29) is 0 Å². The van der Waals surface area contributed by atoms with Crippen LogP contribution in [0, 0.1) is 13.8 Å². The van der Waals surface area contributed by atoms with E-state index >= 15 is 0 Å². The number of benzene rings is 1. The lowest BCUT2D eigenvalue weighted by atomic mass is 10.1. The van der Waals surface area contributed by atoms with Crippen molar-refractivity contribution in [2.24, 2.45) is 0 Å². The van der Waals surface area contributed by atoms with E-state index < -0.39 is 0 Å². The average molecular weight is 302 g/mol. The first-order chi connectivity index (χ1) is 10.1. The molecule has 0 amide bonds. The molecule has 2 N–H and O–H groups in total. The smallest absolute Gasteiger partial charge is 0.170 e. The molecule has 0 aliphatic heterocycles. The van der Waals surface area contributed by atoms with Crippen LogP contribution >= 0.6 is 12.2 Å². The number of furan rings is 1. The Kier molecular flexibility index (Phi) is 5.39. The highest BCUT2D eigenvalue weighted by atomic mass is 32.1. The van der Waals surface area contributed by atoms with E-state index in [1.165, 1.54) is 11.1 Å². The number of hydrogen-bond donors (Lipinski definition) is 2. The van der Waals surface area contributed by atoms with Crippen molar-refractivity contribution in [3.63, 3.8) is 0 Å². The summed E-state index contributed by atoms with van der Waals surface area (Å²) < 4.78 is 5.34. The third-order valence-corrected chi connectivity index (χ3v) is 3.85. The molecule has 2 aromatic rings. The van der Waals surface area contributed by atoms with E-state index in [0.29, 0.717) is 11.2 Å². The maximum absolute atomic E-state index is 5.38. The van der Waals surface area contributed by atoms with Crippen molar-refractivity contribution < 1.29 is 4.42 Å². The molecule has 112 valence electrons. The van der Waals surface area contributed by atoms with Crippen molar-refractivity contribution in [2.45, 2.75) is 39.7 Å². The molecule has 1 aromatic heterocycles. The summed E-state index contributed by atoms with van der Waals surface area (Å²) in [7, 11) is 0. The topological polar surface area (TPSA) is 37.2 Å². The summed E-state index contributed by atoms with van der Waals surface area (Å²) in [4.78, 5) is 0. The molecule has 0 saturated heterocycles. The molecule has 0 bridgehead atoms. The van der Waals surface area contributed by atoms with Crippen molar-refractivity contribution in [1.29, 1.82) is 0 Å². The summed E-state index contributed by atoms with van der Waals surface area (Å²) >= 11 is 5.38. The van der Waals surface area contributed by atoms with Crippen molar-refractivity contribution in [3.05, 3.63) is 53.5 Å². The highest BCUT2D eigenvalue weighted by Crippen LogP contribution is 2.17. The molecule has 0 aliphatic carbocycles. The minimum atomic E-state index is 0.292. The van der Waals surface area contributed by atoms with Gasteiger partial charge in [0, 0.05) is 18.2 Å². The lowest BCUT2D eigenvalue weighted by molar-refractivity contribution is 0.483. The third-order valence-electron chi connectivity index (χ3n) is 3.63. The molecule has 21 heavy (non-hydrogen) atoms. The van der Waals surface area contributed by atoms with Crippen LogP contribution in [0.3, 0.4) is 0 Å². The van der Waals surface area contributed by atoms with E-state index in [1.54, 1.807) is 6.26 Å². The lowest BCUT2D eigenvalue weighted by Gasteiger charge is -2.18. The molecule has 0 spiro atoms. The van der Waals surface area contributed by atoms with E-state index in [4.69, 9.17) is 16.6 Å². The van der Waals surface area contributed by atoms with Gasteiger partial charge in [-0.2, -0.15) is 0 Å². The van der Waals surface area contributed by atoms with Crippen molar-refractivity contribution in [1.82, 2.24) is 5.32 Å². The molecule has 1 atom stereocenters. The second kappa shape index (κ2) is 7.27. The first-order valence-electron chi connectivity index (χ1n) is 7.22. The summed E-state index contributed by atoms with van der Waals surface area (Å²) in [5.41, 5.74) is 3.55. The molecular formula is C17H22N2OS. The number of aryl methyl sites for hydroxylation is 2. The Balaban J connectivity index is 1.82. The minimum absolute atomic E-state index is 0.292. The second-order valence-electron chi connectivity index (χ2n) is 5.37. The summed E-state index contributed by atoms with van der Waals surface area (Å²) in [6, 6.07) is 10.4. The van der Waals surface area contributed by atoms with Gasteiger partial charge in [-0.1, -0.05) is 12.1 Å². The van der Waals surface area contributed by atoms with Gasteiger partial charge in [0.2, 0.25) is 0 Å². The molecule has 0 radical (unpaired) electrons. The molecule has 1 aromatic carbocycles. The zero-order valence-electron chi connectivity index (χ0n) is 12.8. The Hall–Kier alpha value is -1.81. The van der Waals surface area contributed by atoms with Gasteiger partial charge in [0.25, 0.3) is 0 Å². The fourth-order valence-electron chi connectivity index (χ4n) is 2.15. The number of rotatable bonds is 5. The molecule has 4 heteroatoms. The van der Waals surface area contributed by atoms with Crippen LogP contribution in [0.4, 0.5) is 5.69 Å². The number of hydrogen-bond acceptors (Lipinski definition) is 2. The quantitative estimate of drug-likeness (QED) is 0.812. The van der Waals surface area contributed by atoms with E-state index in [9.17, 15) is 0 Å². The van der Waals surface area contributed by atoms with Crippen LogP contribution in [0.25, 0.3) is 0 Å². The fourth-order valence-corrected chi connectivity index (χ4v) is 2.47. The Bertz CT molecular complexity index is 593. The maximum Gasteiger partial charge on any atom is 0.170 e. The Labute approximate surface area is 131 Å². The Morgan fingerprint density at radius 3 is 2.76 bits per heavy atom. The molecule has 0 saturated carbocycles. The van der Waals surface area contributed by atoms with Gasteiger partial charge in [0.05, 0.1) is 6.26 Å². The maximum atomic E-state index is 5.38. The normalized spacial score (nSPS) is 12.0. The van der Waals surface area contributed by atoms with Crippen LogP contribution in [-0.4, -0.2) is 11.2 Å². The predicted molar refractivity (Wildman–Crippen MR) is 91.8 cm³/mol. The molecule has 1 heterocycles. The average Bonchev–Trinajstić information content (AvgIpc) is 2.95. The molecular weight excluding hydrogens is 280 g/mol. The van der Waals surface area contributed by atoms with Crippen LogP contribution in [0.15, 0.2) is 41.0 Å². The van der Waals surface area contributed by atoms with Gasteiger partial charge in [-0.15, -0.1) is 0 Å². The second-order valence-corrected chi connectivity index (χ2v) is 5.77. The number of thiocarbonyl (C=S) groups is 1. The molecule has 0 fully saturated rings. The summed E-state index contributed by atoms with van der Waals surface area (Å²) in [5, 5.41) is 7.25. The van der Waals surface area contributed by atoms with Crippen LogP contribution in [0.5, 0.6) is 0 Å². The Morgan fingerprint density at radius 2 is 2.05 bits per heavy atom. The Morgan fingerprint density at radius 1 is 1.24 bits per heavy atom. The van der Waals surface area contributed by atoms with Crippen molar-refractivity contribution in [2.75, 3.05) is 5.32 Å². The van der Waals surface area contributed by atoms with Crippen molar-refractivity contribution in [3.8, 4) is 0 Å². The first-order valence-corrected chi connectivity index (χ1v) is 7.63. The van der Waals surface area contributed by atoms with Gasteiger partial charge >= 0.3 is 0 Å².